The molecule has 5 N–H and O–H groups in total. The number of rotatable bonds is 7. The molecule has 2 aromatic heterocycles. The number of anilines is 1. The second-order valence-corrected chi connectivity index (χ2v) is 9.51. The molecule has 2 fully saturated rings. The van der Waals surface area contributed by atoms with Gasteiger partial charge in [-0.3, -0.25) is 8.75 Å². The number of aliphatic hydroxyl groups excluding tert-OH is 2. The maximum absolute atomic E-state index is 14.3. The first-order chi connectivity index (χ1) is 16.2. The Morgan fingerprint density at radius 1 is 1.24 bits per heavy atom. The Balaban J connectivity index is 1.29. The Morgan fingerprint density at radius 2 is 2.00 bits per heavy atom. The average molecular weight is 495 g/mol. The van der Waals surface area contributed by atoms with Crippen molar-refractivity contribution < 1.29 is 36.7 Å². The third-order valence-electron chi connectivity index (χ3n) is 5.90. The van der Waals surface area contributed by atoms with E-state index in [1.165, 1.54) is 35.3 Å². The van der Waals surface area contributed by atoms with Crippen LogP contribution in [0.2, 0.25) is 0 Å². The lowest BCUT2D eigenvalue weighted by Gasteiger charge is -2.41. The van der Waals surface area contributed by atoms with Gasteiger partial charge in [0.25, 0.3) is 0 Å². The number of pyridine rings is 1. The number of aliphatic hydroxyl groups is 2. The summed E-state index contributed by atoms with van der Waals surface area (Å²) in [7, 11) is -4.42. The number of hydrogen-bond acceptors (Lipinski definition) is 10. The first-order valence-corrected chi connectivity index (χ1v) is 11.7. The number of nitrogens with zero attached hydrogens (tertiary/aromatic N) is 3. The van der Waals surface area contributed by atoms with E-state index in [1.54, 1.807) is 12.1 Å². The summed E-state index contributed by atoms with van der Waals surface area (Å²) in [5.41, 5.74) is 5.77. The van der Waals surface area contributed by atoms with Gasteiger partial charge in [-0.05, 0) is 12.1 Å². The molecule has 5 rings (SSSR count). The minimum absolute atomic E-state index is 0.0797. The van der Waals surface area contributed by atoms with Gasteiger partial charge in [0.05, 0.1) is 31.8 Å². The van der Waals surface area contributed by atoms with E-state index >= 15 is 0 Å². The number of nitrogens with two attached hydrogens (primary N) is 1. The molecule has 4 heterocycles. The minimum atomic E-state index is -4.42. The lowest BCUT2D eigenvalue weighted by atomic mass is 9.89. The third kappa shape index (κ3) is 3.92. The van der Waals surface area contributed by atoms with Crippen LogP contribution in [0.1, 0.15) is 11.8 Å². The average Bonchev–Trinajstić information content (AvgIpc) is 3.32. The third-order valence-corrected chi connectivity index (χ3v) is 6.98. The van der Waals surface area contributed by atoms with Crippen LogP contribution < -0.4 is 10.5 Å². The van der Waals surface area contributed by atoms with Gasteiger partial charge in [0.15, 0.2) is 11.9 Å². The number of hydrogen-bond donors (Lipinski definition) is 4. The zero-order valence-corrected chi connectivity index (χ0v) is 18.4. The number of aromatic nitrogens is 3. The highest BCUT2D eigenvalue weighted by atomic mass is 32.2. The fourth-order valence-electron chi connectivity index (χ4n) is 4.09. The van der Waals surface area contributed by atoms with Gasteiger partial charge >= 0.3 is 10.3 Å². The number of imidazole rings is 1. The van der Waals surface area contributed by atoms with Gasteiger partial charge in [-0.1, -0.05) is 18.2 Å². The molecule has 0 unspecified atom stereocenters. The zero-order valence-electron chi connectivity index (χ0n) is 17.6. The summed E-state index contributed by atoms with van der Waals surface area (Å²) >= 11 is 0. The zero-order chi connectivity index (χ0) is 24.1. The van der Waals surface area contributed by atoms with E-state index in [0.29, 0.717) is 16.9 Å². The van der Waals surface area contributed by atoms with Crippen molar-refractivity contribution in [1.82, 2.24) is 19.3 Å². The molecule has 0 spiro atoms. The van der Waals surface area contributed by atoms with Crippen LogP contribution in [0.3, 0.4) is 0 Å². The largest absolute Gasteiger partial charge is 0.397 e. The maximum Gasteiger partial charge on any atom is 0.336 e. The van der Waals surface area contributed by atoms with Crippen molar-refractivity contribution in [2.24, 2.45) is 0 Å². The van der Waals surface area contributed by atoms with E-state index in [2.05, 4.69) is 14.7 Å². The smallest absolute Gasteiger partial charge is 0.336 e. The topological polar surface area (TPSA) is 171 Å². The molecule has 0 amide bonds. The van der Waals surface area contributed by atoms with E-state index in [4.69, 9.17) is 19.4 Å². The van der Waals surface area contributed by atoms with Crippen LogP contribution in [0, 0.1) is 5.82 Å². The fraction of sp³-hybridized carbons (Fsp3) is 0.400. The van der Waals surface area contributed by atoms with Gasteiger partial charge in [-0.2, -0.15) is 13.1 Å². The predicted octanol–water partition coefficient (Wildman–Crippen LogP) is -0.452. The lowest BCUT2D eigenvalue weighted by molar-refractivity contribution is -0.0711. The Labute approximate surface area is 193 Å². The lowest BCUT2D eigenvalue weighted by Crippen LogP contribution is -2.60. The molecule has 1 aromatic carbocycles. The van der Waals surface area contributed by atoms with Crippen molar-refractivity contribution in [3.63, 3.8) is 0 Å². The Bertz CT molecular complexity index is 1320. The second-order valence-electron chi connectivity index (χ2n) is 8.17. The summed E-state index contributed by atoms with van der Waals surface area (Å²) in [6.07, 6.45) is -2.38. The first-order valence-electron chi connectivity index (χ1n) is 10.3. The molecule has 0 bridgehead atoms. The summed E-state index contributed by atoms with van der Waals surface area (Å²) in [4.78, 5) is 8.32. The number of fused-ring (bicyclic) bond motifs is 1. The number of ether oxygens (including phenoxy) is 2. The summed E-state index contributed by atoms with van der Waals surface area (Å²) in [5.74, 6) is -0.587. The van der Waals surface area contributed by atoms with E-state index < -0.39 is 52.8 Å². The molecule has 14 heteroatoms. The number of nitrogens with one attached hydrogen (secondary N) is 1. The molecule has 34 heavy (non-hydrogen) atoms. The van der Waals surface area contributed by atoms with Crippen LogP contribution in [0.25, 0.3) is 11.2 Å². The van der Waals surface area contributed by atoms with Gasteiger partial charge in [-0.15, -0.1) is 0 Å². The van der Waals surface area contributed by atoms with Crippen molar-refractivity contribution in [1.29, 1.82) is 0 Å². The number of halogens is 1. The van der Waals surface area contributed by atoms with Crippen molar-refractivity contribution >= 4 is 27.2 Å². The summed E-state index contributed by atoms with van der Waals surface area (Å²) in [5, 5.41) is 20.9. The number of benzene rings is 1. The van der Waals surface area contributed by atoms with E-state index in [1.807, 2.05) is 0 Å². The SMILES string of the molecule is Nc1ccnc2c1ncn2[C@@H]1O[C@H](COS(=O)(=O)NC2(c3ccccc3F)COC2)[C@@H](O)[C@H]1O. The maximum atomic E-state index is 14.3. The normalized spacial score (nSPS) is 26.6. The molecule has 3 aromatic rings. The quantitative estimate of drug-likeness (QED) is 0.336. The highest BCUT2D eigenvalue weighted by Crippen LogP contribution is 2.34. The molecular weight excluding hydrogens is 473 g/mol. The molecule has 2 aliphatic heterocycles. The van der Waals surface area contributed by atoms with Crippen LogP contribution in [-0.4, -0.2) is 71.3 Å². The van der Waals surface area contributed by atoms with Crippen molar-refractivity contribution in [3.8, 4) is 0 Å². The van der Waals surface area contributed by atoms with Crippen molar-refractivity contribution in [3.05, 3.63) is 54.2 Å². The molecule has 2 saturated heterocycles. The molecule has 0 aliphatic carbocycles. The standard InChI is InChI=1S/C20H22FN5O7S/c21-12-4-2-1-3-11(12)20(8-31-9-20)25-34(29,30)32-7-14-16(27)17(28)19(33-14)26-10-24-15-13(22)5-6-23-18(15)26/h1-6,10,14,16-17,19,25,27-28H,7-9H2,(H2,22,23)/t14-,16-,17-,19-/m1/s1. The fourth-order valence-corrected chi connectivity index (χ4v) is 5.16. The van der Waals surface area contributed by atoms with E-state index in [-0.39, 0.29) is 18.8 Å². The monoisotopic (exact) mass is 495 g/mol. The van der Waals surface area contributed by atoms with Crippen molar-refractivity contribution in [2.75, 3.05) is 25.6 Å². The van der Waals surface area contributed by atoms with Gasteiger partial charge < -0.3 is 25.4 Å². The summed E-state index contributed by atoms with van der Waals surface area (Å²) < 4.78 is 59.1. The van der Waals surface area contributed by atoms with Crippen molar-refractivity contribution in [2.45, 2.75) is 30.1 Å². The van der Waals surface area contributed by atoms with Crippen LogP contribution >= 0.6 is 0 Å². The highest BCUT2D eigenvalue weighted by molar-refractivity contribution is 7.84. The molecule has 2 aliphatic rings. The first kappa shape index (κ1) is 23.0. The molecule has 4 atom stereocenters. The van der Waals surface area contributed by atoms with E-state index in [0.717, 1.165) is 0 Å². The Morgan fingerprint density at radius 3 is 2.71 bits per heavy atom. The Hall–Kier alpha value is -2.72. The van der Waals surface area contributed by atoms with Gasteiger partial charge in [0.1, 0.15) is 35.2 Å². The summed E-state index contributed by atoms with van der Waals surface area (Å²) in [6, 6.07) is 7.32. The molecular formula is C20H22FN5O7S. The highest BCUT2D eigenvalue weighted by Gasteiger charge is 2.48. The number of nitrogen functional groups attached to an aromatic ring is 1. The van der Waals surface area contributed by atoms with Crippen LogP contribution in [0.15, 0.2) is 42.9 Å². The van der Waals surface area contributed by atoms with Crippen LogP contribution in [-0.2, 0) is 29.5 Å². The predicted molar refractivity (Wildman–Crippen MR) is 115 cm³/mol. The minimum Gasteiger partial charge on any atom is -0.397 e. The molecule has 182 valence electrons. The molecule has 12 nitrogen and oxygen atoms in total. The summed E-state index contributed by atoms with van der Waals surface area (Å²) in [6.45, 7) is -0.770. The van der Waals surface area contributed by atoms with E-state index in [9.17, 15) is 23.0 Å². The Kier molecular flexibility index (Phi) is 5.76. The van der Waals surface area contributed by atoms with Gasteiger partial charge in [0, 0.05) is 11.8 Å². The molecule has 0 radical (unpaired) electrons. The van der Waals surface area contributed by atoms with Crippen LogP contribution in [0.5, 0.6) is 0 Å². The van der Waals surface area contributed by atoms with Gasteiger partial charge in [-0.25, -0.2) is 14.4 Å². The van der Waals surface area contributed by atoms with Crippen LogP contribution in [0.4, 0.5) is 10.1 Å². The van der Waals surface area contributed by atoms with Gasteiger partial charge in [0.2, 0.25) is 0 Å². The second kappa shape index (κ2) is 8.49. The molecule has 0 saturated carbocycles.